The summed E-state index contributed by atoms with van der Waals surface area (Å²) >= 11 is 0. The number of amides is 2. The Morgan fingerprint density at radius 2 is 2.05 bits per heavy atom. The summed E-state index contributed by atoms with van der Waals surface area (Å²) in [6, 6.07) is -0.367. The van der Waals surface area contributed by atoms with Crippen LogP contribution in [0.25, 0.3) is 0 Å². The summed E-state index contributed by atoms with van der Waals surface area (Å²) < 4.78 is 5.69. The van der Waals surface area contributed by atoms with E-state index in [4.69, 9.17) is 4.74 Å². The van der Waals surface area contributed by atoms with Crippen molar-refractivity contribution in [2.75, 3.05) is 13.2 Å². The van der Waals surface area contributed by atoms with E-state index < -0.39 is 5.54 Å². The first kappa shape index (κ1) is 14.8. The van der Waals surface area contributed by atoms with Gasteiger partial charge in [0.15, 0.2) is 0 Å². The van der Waals surface area contributed by atoms with Gasteiger partial charge in [0.1, 0.15) is 11.6 Å². The van der Waals surface area contributed by atoms with E-state index in [1.807, 2.05) is 20.8 Å². The Kier molecular flexibility index (Phi) is 3.72. The first-order chi connectivity index (χ1) is 9.93. The predicted molar refractivity (Wildman–Crippen MR) is 78.6 cm³/mol. The summed E-state index contributed by atoms with van der Waals surface area (Å²) in [5, 5.41) is 3.02. The summed E-state index contributed by atoms with van der Waals surface area (Å²) in [7, 11) is 0. The molecule has 2 aliphatic heterocycles. The van der Waals surface area contributed by atoms with Gasteiger partial charge in [0.05, 0.1) is 6.10 Å². The molecule has 1 aliphatic carbocycles. The monoisotopic (exact) mass is 294 g/mol. The average molecular weight is 294 g/mol. The van der Waals surface area contributed by atoms with Gasteiger partial charge in [0, 0.05) is 13.2 Å². The maximum Gasteiger partial charge on any atom is 0.249 e. The van der Waals surface area contributed by atoms with Crippen molar-refractivity contribution in [2.24, 2.45) is 11.8 Å². The van der Waals surface area contributed by atoms with Crippen molar-refractivity contribution in [2.45, 2.75) is 64.1 Å². The third-order valence-electron chi connectivity index (χ3n) is 5.14. The quantitative estimate of drug-likeness (QED) is 0.850. The third-order valence-corrected chi connectivity index (χ3v) is 5.14. The number of piperazine rings is 1. The molecule has 3 fully saturated rings. The lowest BCUT2D eigenvalue weighted by Crippen LogP contribution is -2.71. The molecular weight excluding hydrogens is 268 g/mol. The highest BCUT2D eigenvalue weighted by Crippen LogP contribution is 2.42. The molecule has 1 N–H and O–H groups in total. The Bertz CT molecular complexity index is 441. The van der Waals surface area contributed by atoms with E-state index >= 15 is 0 Å². The van der Waals surface area contributed by atoms with Gasteiger partial charge in [-0.05, 0) is 44.4 Å². The highest BCUT2D eigenvalue weighted by molar-refractivity contribution is 6.00. The number of rotatable bonds is 4. The van der Waals surface area contributed by atoms with Crippen molar-refractivity contribution >= 4 is 11.8 Å². The van der Waals surface area contributed by atoms with Crippen LogP contribution in [0.1, 0.15) is 46.5 Å². The lowest BCUT2D eigenvalue weighted by molar-refractivity contribution is -0.159. The smallest absolute Gasteiger partial charge is 0.249 e. The summed E-state index contributed by atoms with van der Waals surface area (Å²) in [6.07, 6.45) is 4.18. The summed E-state index contributed by atoms with van der Waals surface area (Å²) in [6.45, 7) is 7.21. The number of carbonyl (C=O) groups excluding carboxylic acids is 2. The molecule has 2 heterocycles. The standard InChI is InChI=1S/C16H26N2O3/c1-10(2)13-14(19)17-16(3,11-6-7-11)15(20)18(13)9-12-5-4-8-21-12/h10-13H,4-9H2,1-3H3,(H,17,19). The van der Waals surface area contributed by atoms with Crippen molar-refractivity contribution in [1.29, 1.82) is 0 Å². The molecular formula is C16H26N2O3. The minimum absolute atomic E-state index is 0.00278. The highest BCUT2D eigenvalue weighted by Gasteiger charge is 2.56. The maximum atomic E-state index is 13.0. The second-order valence-corrected chi connectivity index (χ2v) is 7.25. The van der Waals surface area contributed by atoms with Crippen LogP contribution in [-0.4, -0.2) is 47.6 Å². The van der Waals surface area contributed by atoms with Gasteiger partial charge in [-0.1, -0.05) is 13.8 Å². The van der Waals surface area contributed by atoms with Crippen LogP contribution in [-0.2, 0) is 14.3 Å². The molecule has 1 saturated carbocycles. The van der Waals surface area contributed by atoms with Crippen LogP contribution in [0.2, 0.25) is 0 Å². The normalized spacial score (nSPS) is 37.2. The molecule has 3 aliphatic rings. The fraction of sp³-hybridized carbons (Fsp3) is 0.875. The molecule has 3 atom stereocenters. The van der Waals surface area contributed by atoms with Gasteiger partial charge in [-0.2, -0.15) is 0 Å². The first-order valence-electron chi connectivity index (χ1n) is 8.18. The third kappa shape index (κ3) is 2.56. The number of ether oxygens (including phenoxy) is 1. The predicted octanol–water partition coefficient (Wildman–Crippen LogP) is 1.32. The minimum atomic E-state index is -0.707. The van der Waals surface area contributed by atoms with Crippen molar-refractivity contribution in [3.05, 3.63) is 0 Å². The van der Waals surface area contributed by atoms with Crippen LogP contribution in [0.5, 0.6) is 0 Å². The molecule has 5 heteroatoms. The van der Waals surface area contributed by atoms with Crippen molar-refractivity contribution in [3.8, 4) is 0 Å². The molecule has 2 saturated heterocycles. The molecule has 0 radical (unpaired) electrons. The van der Waals surface area contributed by atoms with E-state index in [1.54, 1.807) is 4.90 Å². The second kappa shape index (κ2) is 5.27. The van der Waals surface area contributed by atoms with E-state index in [-0.39, 0.29) is 29.9 Å². The van der Waals surface area contributed by atoms with Crippen LogP contribution >= 0.6 is 0 Å². The van der Waals surface area contributed by atoms with Gasteiger partial charge in [-0.3, -0.25) is 9.59 Å². The van der Waals surface area contributed by atoms with Crippen LogP contribution in [0.15, 0.2) is 0 Å². The fourth-order valence-electron chi connectivity index (χ4n) is 3.75. The van der Waals surface area contributed by atoms with Crippen LogP contribution in [0.3, 0.4) is 0 Å². The zero-order valence-electron chi connectivity index (χ0n) is 13.2. The molecule has 0 bridgehead atoms. The molecule has 3 unspecified atom stereocenters. The van der Waals surface area contributed by atoms with E-state index in [1.165, 1.54) is 0 Å². The number of hydrogen-bond acceptors (Lipinski definition) is 3. The largest absolute Gasteiger partial charge is 0.376 e. The Morgan fingerprint density at radius 3 is 2.57 bits per heavy atom. The maximum absolute atomic E-state index is 13.0. The van der Waals surface area contributed by atoms with E-state index in [0.29, 0.717) is 12.5 Å². The zero-order chi connectivity index (χ0) is 15.2. The number of nitrogens with one attached hydrogen (secondary N) is 1. The van der Waals surface area contributed by atoms with Gasteiger partial charge in [-0.15, -0.1) is 0 Å². The van der Waals surface area contributed by atoms with Crippen LogP contribution in [0, 0.1) is 11.8 Å². The van der Waals surface area contributed by atoms with Crippen molar-refractivity contribution in [1.82, 2.24) is 10.2 Å². The molecule has 0 aromatic heterocycles. The van der Waals surface area contributed by atoms with Gasteiger partial charge in [-0.25, -0.2) is 0 Å². The Labute approximate surface area is 126 Å². The minimum Gasteiger partial charge on any atom is -0.376 e. The lowest BCUT2D eigenvalue weighted by Gasteiger charge is -2.46. The van der Waals surface area contributed by atoms with Gasteiger partial charge in [0.2, 0.25) is 11.8 Å². The summed E-state index contributed by atoms with van der Waals surface area (Å²) in [4.78, 5) is 27.4. The average Bonchev–Trinajstić information content (AvgIpc) is 3.15. The summed E-state index contributed by atoms with van der Waals surface area (Å²) in [5.41, 5.74) is -0.707. The Morgan fingerprint density at radius 1 is 1.33 bits per heavy atom. The summed E-state index contributed by atoms with van der Waals surface area (Å²) in [5.74, 6) is 0.490. The van der Waals surface area contributed by atoms with E-state index in [9.17, 15) is 9.59 Å². The van der Waals surface area contributed by atoms with E-state index in [2.05, 4.69) is 5.32 Å². The fourth-order valence-corrected chi connectivity index (χ4v) is 3.75. The Balaban J connectivity index is 1.85. The molecule has 0 spiro atoms. The van der Waals surface area contributed by atoms with Crippen LogP contribution < -0.4 is 5.32 Å². The molecule has 118 valence electrons. The zero-order valence-corrected chi connectivity index (χ0v) is 13.2. The lowest BCUT2D eigenvalue weighted by atomic mass is 9.86. The van der Waals surface area contributed by atoms with Gasteiger partial charge in [0.25, 0.3) is 0 Å². The second-order valence-electron chi connectivity index (χ2n) is 7.25. The number of nitrogens with zero attached hydrogens (tertiary/aromatic N) is 1. The van der Waals surface area contributed by atoms with E-state index in [0.717, 1.165) is 32.3 Å². The molecule has 2 amide bonds. The van der Waals surface area contributed by atoms with Crippen LogP contribution in [0.4, 0.5) is 0 Å². The topological polar surface area (TPSA) is 58.6 Å². The van der Waals surface area contributed by atoms with Crippen molar-refractivity contribution < 1.29 is 14.3 Å². The molecule has 0 aromatic carbocycles. The molecule has 21 heavy (non-hydrogen) atoms. The number of hydrogen-bond donors (Lipinski definition) is 1. The molecule has 3 rings (SSSR count). The molecule has 0 aromatic rings. The highest BCUT2D eigenvalue weighted by atomic mass is 16.5. The van der Waals surface area contributed by atoms with Gasteiger partial charge < -0.3 is 15.0 Å². The number of carbonyl (C=O) groups is 2. The first-order valence-corrected chi connectivity index (χ1v) is 8.18. The van der Waals surface area contributed by atoms with Crippen molar-refractivity contribution in [3.63, 3.8) is 0 Å². The Hall–Kier alpha value is -1.10. The molecule has 5 nitrogen and oxygen atoms in total. The SMILES string of the molecule is CC(C)C1C(=O)NC(C)(C2CC2)C(=O)N1CC1CCCO1. The van der Waals surface area contributed by atoms with Gasteiger partial charge >= 0.3 is 0 Å².